The molecule has 5 heteroatoms. The molecule has 0 saturated carbocycles. The first-order valence-corrected chi connectivity index (χ1v) is 8.35. The van der Waals surface area contributed by atoms with Crippen LogP contribution in [-0.2, 0) is 0 Å². The van der Waals surface area contributed by atoms with Crippen LogP contribution in [0.15, 0.2) is 34.7 Å². The zero-order valence-corrected chi connectivity index (χ0v) is 14.5. The van der Waals surface area contributed by atoms with Crippen molar-refractivity contribution in [1.82, 2.24) is 4.90 Å². The van der Waals surface area contributed by atoms with E-state index in [1.54, 1.807) is 13.0 Å². The topological polar surface area (TPSA) is 54.7 Å². The molecule has 2 heterocycles. The van der Waals surface area contributed by atoms with Crippen LogP contribution in [0.2, 0.25) is 0 Å². The SMILES string of the molecule is Cc1cc(C(=O)Nc2ccc(OC3CCN(C)CC3)cc2)c(C)o1. The van der Waals surface area contributed by atoms with Crippen LogP contribution < -0.4 is 10.1 Å². The van der Waals surface area contributed by atoms with Crippen LogP contribution in [-0.4, -0.2) is 37.0 Å². The Balaban J connectivity index is 1.58. The zero-order valence-electron chi connectivity index (χ0n) is 14.5. The molecule has 1 N–H and O–H groups in total. The summed E-state index contributed by atoms with van der Waals surface area (Å²) < 4.78 is 11.4. The van der Waals surface area contributed by atoms with E-state index in [-0.39, 0.29) is 12.0 Å². The summed E-state index contributed by atoms with van der Waals surface area (Å²) in [6.07, 6.45) is 2.38. The van der Waals surface area contributed by atoms with Gasteiger partial charge in [0.2, 0.25) is 0 Å². The number of hydrogen-bond acceptors (Lipinski definition) is 4. The van der Waals surface area contributed by atoms with E-state index in [4.69, 9.17) is 9.15 Å². The van der Waals surface area contributed by atoms with Crippen molar-refractivity contribution in [2.45, 2.75) is 32.8 Å². The van der Waals surface area contributed by atoms with Gasteiger partial charge in [-0.25, -0.2) is 0 Å². The molecule has 0 bridgehead atoms. The normalized spacial score (nSPS) is 16.1. The van der Waals surface area contributed by atoms with Crippen LogP contribution in [0.4, 0.5) is 5.69 Å². The number of nitrogens with zero attached hydrogens (tertiary/aromatic N) is 1. The fraction of sp³-hybridized carbons (Fsp3) is 0.421. The van der Waals surface area contributed by atoms with Crippen molar-refractivity contribution in [1.29, 1.82) is 0 Å². The molecule has 0 aliphatic carbocycles. The molecule has 128 valence electrons. The minimum Gasteiger partial charge on any atom is -0.490 e. The minimum atomic E-state index is -0.159. The van der Waals surface area contributed by atoms with Crippen LogP contribution in [0.25, 0.3) is 0 Å². The van der Waals surface area contributed by atoms with Gasteiger partial charge in [-0.1, -0.05) is 0 Å². The van der Waals surface area contributed by atoms with E-state index in [9.17, 15) is 4.79 Å². The summed E-state index contributed by atoms with van der Waals surface area (Å²) in [5.74, 6) is 2.05. The summed E-state index contributed by atoms with van der Waals surface area (Å²) >= 11 is 0. The molecular formula is C19H24N2O3. The number of aryl methyl sites for hydroxylation is 2. The summed E-state index contributed by atoms with van der Waals surface area (Å²) in [5.41, 5.74) is 1.31. The molecule has 0 spiro atoms. The Labute approximate surface area is 142 Å². The highest BCUT2D eigenvalue weighted by molar-refractivity contribution is 6.05. The second-order valence-corrected chi connectivity index (χ2v) is 6.43. The number of nitrogens with one attached hydrogen (secondary N) is 1. The number of benzene rings is 1. The van der Waals surface area contributed by atoms with Gasteiger partial charge in [-0.15, -0.1) is 0 Å². The average Bonchev–Trinajstić information content (AvgIpc) is 2.90. The van der Waals surface area contributed by atoms with Crippen LogP contribution in [0.1, 0.15) is 34.7 Å². The third kappa shape index (κ3) is 3.97. The van der Waals surface area contributed by atoms with Crippen molar-refractivity contribution in [2.75, 3.05) is 25.5 Å². The minimum absolute atomic E-state index is 0.159. The van der Waals surface area contributed by atoms with Gasteiger partial charge in [-0.3, -0.25) is 4.79 Å². The van der Waals surface area contributed by atoms with E-state index in [2.05, 4.69) is 17.3 Å². The molecule has 1 amide bonds. The van der Waals surface area contributed by atoms with Crippen molar-refractivity contribution in [3.63, 3.8) is 0 Å². The number of ether oxygens (including phenoxy) is 1. The Bertz CT molecular complexity index is 698. The lowest BCUT2D eigenvalue weighted by atomic mass is 10.1. The molecule has 1 fully saturated rings. The van der Waals surface area contributed by atoms with Gasteiger partial charge in [0, 0.05) is 18.8 Å². The molecule has 0 radical (unpaired) electrons. The maximum absolute atomic E-state index is 12.3. The fourth-order valence-electron chi connectivity index (χ4n) is 2.97. The van der Waals surface area contributed by atoms with Gasteiger partial charge >= 0.3 is 0 Å². The van der Waals surface area contributed by atoms with E-state index in [1.165, 1.54) is 0 Å². The number of anilines is 1. The van der Waals surface area contributed by atoms with Gasteiger partial charge in [0.25, 0.3) is 5.91 Å². The Morgan fingerprint density at radius 2 is 1.88 bits per heavy atom. The first kappa shape index (κ1) is 16.6. The van der Waals surface area contributed by atoms with Crippen molar-refractivity contribution in [2.24, 2.45) is 0 Å². The molecule has 1 aromatic carbocycles. The highest BCUT2D eigenvalue weighted by atomic mass is 16.5. The quantitative estimate of drug-likeness (QED) is 0.931. The van der Waals surface area contributed by atoms with E-state index in [1.807, 2.05) is 31.2 Å². The van der Waals surface area contributed by atoms with Gasteiger partial charge in [0.15, 0.2) is 0 Å². The van der Waals surface area contributed by atoms with Crippen molar-refractivity contribution in [3.8, 4) is 5.75 Å². The first-order chi connectivity index (χ1) is 11.5. The van der Waals surface area contributed by atoms with E-state index in [0.717, 1.165) is 43.1 Å². The van der Waals surface area contributed by atoms with Gasteiger partial charge in [0.05, 0.1) is 5.56 Å². The number of carbonyl (C=O) groups is 1. The highest BCUT2D eigenvalue weighted by Crippen LogP contribution is 2.22. The molecule has 2 aromatic rings. The predicted octanol–water partition coefficient (Wildman–Crippen LogP) is 3.62. The zero-order chi connectivity index (χ0) is 17.1. The molecule has 5 nitrogen and oxygen atoms in total. The second kappa shape index (κ2) is 7.09. The molecule has 0 unspecified atom stereocenters. The third-order valence-electron chi connectivity index (χ3n) is 4.37. The lowest BCUT2D eigenvalue weighted by Gasteiger charge is -2.29. The first-order valence-electron chi connectivity index (χ1n) is 8.35. The van der Waals surface area contributed by atoms with Gasteiger partial charge < -0.3 is 19.4 Å². The smallest absolute Gasteiger partial charge is 0.259 e. The Morgan fingerprint density at radius 1 is 1.21 bits per heavy atom. The summed E-state index contributed by atoms with van der Waals surface area (Å²) in [6.45, 7) is 5.77. The van der Waals surface area contributed by atoms with Crippen LogP contribution in [0, 0.1) is 13.8 Å². The van der Waals surface area contributed by atoms with Crippen LogP contribution in [0.3, 0.4) is 0 Å². The van der Waals surface area contributed by atoms with Crippen molar-refractivity contribution < 1.29 is 13.9 Å². The molecule has 3 rings (SSSR count). The van der Waals surface area contributed by atoms with Crippen molar-refractivity contribution in [3.05, 3.63) is 47.4 Å². The molecule has 1 aliphatic rings. The van der Waals surface area contributed by atoms with Gasteiger partial charge in [0.1, 0.15) is 23.4 Å². The van der Waals surface area contributed by atoms with E-state index in [0.29, 0.717) is 11.3 Å². The largest absolute Gasteiger partial charge is 0.490 e. The third-order valence-corrected chi connectivity index (χ3v) is 4.37. The van der Waals surface area contributed by atoms with E-state index < -0.39 is 0 Å². The monoisotopic (exact) mass is 328 g/mol. The summed E-state index contributed by atoms with van der Waals surface area (Å²) in [6, 6.07) is 9.29. The fourth-order valence-corrected chi connectivity index (χ4v) is 2.97. The standard InChI is InChI=1S/C19H24N2O3/c1-13-12-18(14(2)23-13)19(22)20-15-4-6-16(7-5-15)24-17-8-10-21(3)11-9-17/h4-7,12,17H,8-11H2,1-3H3,(H,20,22). The second-order valence-electron chi connectivity index (χ2n) is 6.43. The number of amides is 1. The molecule has 24 heavy (non-hydrogen) atoms. The molecule has 1 aliphatic heterocycles. The number of piperidine rings is 1. The lowest BCUT2D eigenvalue weighted by Crippen LogP contribution is -2.35. The molecule has 0 atom stereocenters. The van der Waals surface area contributed by atoms with Gasteiger partial charge in [-0.2, -0.15) is 0 Å². The molecule has 1 saturated heterocycles. The van der Waals surface area contributed by atoms with E-state index >= 15 is 0 Å². The number of hydrogen-bond donors (Lipinski definition) is 1. The number of likely N-dealkylation sites (tertiary alicyclic amines) is 1. The maximum Gasteiger partial charge on any atom is 0.259 e. The van der Waals surface area contributed by atoms with Crippen molar-refractivity contribution >= 4 is 11.6 Å². The average molecular weight is 328 g/mol. The number of furan rings is 1. The summed E-state index contributed by atoms with van der Waals surface area (Å²) in [7, 11) is 2.14. The summed E-state index contributed by atoms with van der Waals surface area (Å²) in [4.78, 5) is 14.6. The lowest BCUT2D eigenvalue weighted by molar-refractivity contribution is 0.102. The van der Waals surface area contributed by atoms with Crippen LogP contribution in [0.5, 0.6) is 5.75 Å². The Morgan fingerprint density at radius 3 is 2.46 bits per heavy atom. The molecule has 1 aromatic heterocycles. The summed E-state index contributed by atoms with van der Waals surface area (Å²) in [5, 5.41) is 2.89. The Kier molecular flexibility index (Phi) is 4.90. The van der Waals surface area contributed by atoms with Gasteiger partial charge in [-0.05, 0) is 64.1 Å². The maximum atomic E-state index is 12.3. The number of rotatable bonds is 4. The predicted molar refractivity (Wildman–Crippen MR) is 93.7 cm³/mol. The Hall–Kier alpha value is -2.27. The number of carbonyl (C=O) groups excluding carboxylic acids is 1. The molecular weight excluding hydrogens is 304 g/mol. The highest BCUT2D eigenvalue weighted by Gasteiger charge is 2.18. The van der Waals surface area contributed by atoms with Crippen LogP contribution >= 0.6 is 0 Å².